The van der Waals surface area contributed by atoms with E-state index in [4.69, 9.17) is 17.3 Å². The van der Waals surface area contributed by atoms with Gasteiger partial charge in [-0.1, -0.05) is 0 Å². The molecule has 0 fully saturated rings. The van der Waals surface area contributed by atoms with Crippen LogP contribution in [0.2, 0.25) is 0 Å². The van der Waals surface area contributed by atoms with E-state index >= 15 is 0 Å². The summed E-state index contributed by atoms with van der Waals surface area (Å²) < 4.78 is 0. The van der Waals surface area contributed by atoms with Crippen LogP contribution in [0.25, 0.3) is 0 Å². The number of aliphatic carboxylic acids is 1. The maximum atomic E-state index is 11.1. The quantitative estimate of drug-likeness (QED) is 0.541. The lowest BCUT2D eigenvalue weighted by Crippen LogP contribution is -2.36. The maximum absolute atomic E-state index is 11.1. The van der Waals surface area contributed by atoms with E-state index in [1.54, 1.807) is 7.05 Å². The zero-order valence-electron chi connectivity index (χ0n) is 8.00. The fraction of sp³-hybridized carbons (Fsp3) is 0.625. The SMILES string of the molecule is CNC(=S)NCC(=O)CCCC(=O)O. The van der Waals surface area contributed by atoms with Crippen LogP contribution in [-0.4, -0.2) is 35.6 Å². The van der Waals surface area contributed by atoms with E-state index in [1.165, 1.54) is 0 Å². The lowest BCUT2D eigenvalue weighted by molar-refractivity contribution is -0.137. The van der Waals surface area contributed by atoms with Crippen LogP contribution < -0.4 is 10.6 Å². The Balaban J connectivity index is 3.46. The molecule has 0 aromatic rings. The molecule has 0 saturated heterocycles. The predicted octanol–water partition coefficient (Wildman–Crippen LogP) is -0.0957. The van der Waals surface area contributed by atoms with Gasteiger partial charge >= 0.3 is 5.97 Å². The van der Waals surface area contributed by atoms with Crippen LogP contribution in [-0.2, 0) is 9.59 Å². The molecule has 0 atom stereocenters. The van der Waals surface area contributed by atoms with Crippen LogP contribution in [0.1, 0.15) is 19.3 Å². The van der Waals surface area contributed by atoms with E-state index in [1.807, 2.05) is 0 Å². The number of Topliss-reactive ketones (excluding diaryl/α,β-unsaturated/α-hetero) is 1. The molecule has 0 aliphatic heterocycles. The molecule has 0 saturated carbocycles. The Bertz CT molecular complexity index is 231. The second-order valence-corrected chi connectivity index (χ2v) is 3.13. The highest BCUT2D eigenvalue weighted by Gasteiger charge is 2.04. The first kappa shape index (κ1) is 12.8. The minimum atomic E-state index is -0.878. The molecule has 6 heteroatoms. The Hall–Kier alpha value is -1.17. The highest BCUT2D eigenvalue weighted by molar-refractivity contribution is 7.80. The number of hydrogen-bond donors (Lipinski definition) is 3. The van der Waals surface area contributed by atoms with Gasteiger partial charge in [-0.3, -0.25) is 9.59 Å². The number of carboxylic acids is 1. The maximum Gasteiger partial charge on any atom is 0.303 e. The number of nitrogens with one attached hydrogen (secondary N) is 2. The molecule has 0 aliphatic carbocycles. The number of carbonyl (C=O) groups is 2. The number of carbonyl (C=O) groups excluding carboxylic acids is 1. The molecule has 0 radical (unpaired) electrons. The Morgan fingerprint density at radius 3 is 2.50 bits per heavy atom. The molecule has 0 rings (SSSR count). The summed E-state index contributed by atoms with van der Waals surface area (Å²) in [5.74, 6) is -0.916. The number of thiocarbonyl (C=S) groups is 1. The molecule has 0 heterocycles. The Kier molecular flexibility index (Phi) is 6.65. The summed E-state index contributed by atoms with van der Waals surface area (Å²) in [6.45, 7) is 0.152. The first-order valence-corrected chi connectivity index (χ1v) is 4.66. The zero-order chi connectivity index (χ0) is 11.0. The van der Waals surface area contributed by atoms with Crippen LogP contribution in [0, 0.1) is 0 Å². The van der Waals surface area contributed by atoms with Crippen molar-refractivity contribution in [1.82, 2.24) is 10.6 Å². The minimum Gasteiger partial charge on any atom is -0.481 e. The zero-order valence-corrected chi connectivity index (χ0v) is 8.82. The summed E-state index contributed by atoms with van der Waals surface area (Å²) in [6, 6.07) is 0. The molecule has 0 aromatic carbocycles. The average Bonchev–Trinajstić information content (AvgIpc) is 2.13. The molecule has 0 spiro atoms. The van der Waals surface area contributed by atoms with Gasteiger partial charge in [0.1, 0.15) is 0 Å². The first-order chi connectivity index (χ1) is 6.56. The van der Waals surface area contributed by atoms with Crippen molar-refractivity contribution in [2.75, 3.05) is 13.6 Å². The van der Waals surface area contributed by atoms with Crippen molar-refractivity contribution in [3.63, 3.8) is 0 Å². The van der Waals surface area contributed by atoms with Gasteiger partial charge < -0.3 is 15.7 Å². The summed E-state index contributed by atoms with van der Waals surface area (Å²) in [5, 5.41) is 14.1. The number of rotatable bonds is 6. The summed E-state index contributed by atoms with van der Waals surface area (Å²) in [6.07, 6.45) is 0.677. The molecule has 3 N–H and O–H groups in total. The molecule has 14 heavy (non-hydrogen) atoms. The van der Waals surface area contributed by atoms with E-state index in [9.17, 15) is 9.59 Å². The van der Waals surface area contributed by atoms with Crippen LogP contribution in [0.5, 0.6) is 0 Å². The third-order valence-corrected chi connectivity index (χ3v) is 1.87. The lowest BCUT2D eigenvalue weighted by Gasteiger charge is -2.05. The minimum absolute atomic E-state index is 0.0300. The van der Waals surface area contributed by atoms with E-state index in [-0.39, 0.29) is 25.2 Å². The highest BCUT2D eigenvalue weighted by atomic mass is 32.1. The van der Waals surface area contributed by atoms with Gasteiger partial charge in [0.15, 0.2) is 10.9 Å². The van der Waals surface area contributed by atoms with Gasteiger partial charge in [0.25, 0.3) is 0 Å². The Morgan fingerprint density at radius 1 is 1.36 bits per heavy atom. The monoisotopic (exact) mass is 218 g/mol. The number of ketones is 1. The Labute approximate surface area is 87.9 Å². The number of carboxylic acid groups (broad SMARTS) is 1. The van der Waals surface area contributed by atoms with Crippen molar-refractivity contribution in [3.8, 4) is 0 Å². The second-order valence-electron chi connectivity index (χ2n) is 2.72. The third kappa shape index (κ3) is 7.48. The lowest BCUT2D eigenvalue weighted by atomic mass is 10.2. The third-order valence-electron chi connectivity index (χ3n) is 1.52. The number of hydrogen-bond acceptors (Lipinski definition) is 3. The standard InChI is InChI=1S/C8H14N2O3S/c1-9-8(14)10-5-6(11)3-2-4-7(12)13/h2-5H2,1H3,(H,12,13)(H2,9,10,14). The summed E-state index contributed by atoms with van der Waals surface area (Å²) in [4.78, 5) is 21.2. The van der Waals surface area contributed by atoms with Crippen molar-refractivity contribution >= 4 is 29.1 Å². The van der Waals surface area contributed by atoms with Gasteiger partial charge in [-0.25, -0.2) is 0 Å². The van der Waals surface area contributed by atoms with Crippen molar-refractivity contribution in [3.05, 3.63) is 0 Å². The average molecular weight is 218 g/mol. The summed E-state index contributed by atoms with van der Waals surface area (Å²) >= 11 is 4.76. The summed E-state index contributed by atoms with van der Waals surface area (Å²) in [5.41, 5.74) is 0. The van der Waals surface area contributed by atoms with E-state index in [2.05, 4.69) is 10.6 Å². The predicted molar refractivity (Wildman–Crippen MR) is 56.2 cm³/mol. The fourth-order valence-electron chi connectivity index (χ4n) is 0.792. The molecular weight excluding hydrogens is 204 g/mol. The van der Waals surface area contributed by atoms with Gasteiger partial charge in [0.2, 0.25) is 0 Å². The van der Waals surface area contributed by atoms with Gasteiger partial charge in [-0.15, -0.1) is 0 Å². The van der Waals surface area contributed by atoms with Crippen molar-refractivity contribution in [2.45, 2.75) is 19.3 Å². The molecule has 0 aliphatic rings. The van der Waals surface area contributed by atoms with Gasteiger partial charge in [-0.2, -0.15) is 0 Å². The normalized spacial score (nSPS) is 9.21. The molecule has 5 nitrogen and oxygen atoms in total. The molecule has 0 amide bonds. The summed E-state index contributed by atoms with van der Waals surface area (Å²) in [7, 11) is 1.66. The van der Waals surface area contributed by atoms with Crippen LogP contribution in [0.4, 0.5) is 0 Å². The second kappa shape index (κ2) is 7.25. The molecule has 80 valence electrons. The Morgan fingerprint density at radius 2 is 2.00 bits per heavy atom. The van der Waals surface area contributed by atoms with Crippen molar-refractivity contribution in [1.29, 1.82) is 0 Å². The van der Waals surface area contributed by atoms with Gasteiger partial charge in [0, 0.05) is 19.9 Å². The highest BCUT2D eigenvalue weighted by Crippen LogP contribution is 1.95. The molecule has 0 bridgehead atoms. The fourth-order valence-corrected chi connectivity index (χ4v) is 0.865. The van der Waals surface area contributed by atoms with Gasteiger partial charge in [-0.05, 0) is 18.6 Å². The largest absolute Gasteiger partial charge is 0.481 e. The van der Waals surface area contributed by atoms with E-state index < -0.39 is 5.97 Å². The van der Waals surface area contributed by atoms with Crippen LogP contribution in [0.15, 0.2) is 0 Å². The first-order valence-electron chi connectivity index (χ1n) is 4.25. The molecule has 0 aromatic heterocycles. The topological polar surface area (TPSA) is 78.4 Å². The smallest absolute Gasteiger partial charge is 0.303 e. The van der Waals surface area contributed by atoms with E-state index in [0.717, 1.165) is 0 Å². The van der Waals surface area contributed by atoms with Crippen molar-refractivity contribution in [2.24, 2.45) is 0 Å². The van der Waals surface area contributed by atoms with Gasteiger partial charge in [0.05, 0.1) is 6.54 Å². The van der Waals surface area contributed by atoms with Crippen LogP contribution in [0.3, 0.4) is 0 Å². The van der Waals surface area contributed by atoms with E-state index in [0.29, 0.717) is 11.5 Å². The molecular formula is C8H14N2O3S. The van der Waals surface area contributed by atoms with Crippen molar-refractivity contribution < 1.29 is 14.7 Å². The van der Waals surface area contributed by atoms with Crippen LogP contribution >= 0.6 is 12.2 Å². The molecule has 0 unspecified atom stereocenters.